The number of pyridine rings is 1. The third-order valence-electron chi connectivity index (χ3n) is 2.93. The number of ether oxygens (including phenoxy) is 1. The normalized spacial score (nSPS) is 19.2. The molecule has 1 atom stereocenters. The Kier molecular flexibility index (Phi) is 3.61. The summed E-state index contributed by atoms with van der Waals surface area (Å²) in [6, 6.07) is 1.01. The Morgan fingerprint density at radius 2 is 2.42 bits per heavy atom. The van der Waals surface area contributed by atoms with E-state index in [9.17, 15) is 14.9 Å². The lowest BCUT2D eigenvalue weighted by Gasteiger charge is -2.34. The zero-order chi connectivity index (χ0) is 14.0. The van der Waals surface area contributed by atoms with Gasteiger partial charge in [0.25, 0.3) is 5.69 Å². The quantitative estimate of drug-likeness (QED) is 0.640. The molecule has 1 fully saturated rings. The van der Waals surface area contributed by atoms with Crippen LogP contribution >= 0.6 is 0 Å². The Morgan fingerprint density at radius 1 is 1.68 bits per heavy atom. The van der Waals surface area contributed by atoms with Gasteiger partial charge in [0.2, 0.25) is 0 Å². The molecule has 0 amide bonds. The molecule has 1 N–H and O–H groups in total. The molecule has 1 aromatic heterocycles. The van der Waals surface area contributed by atoms with Gasteiger partial charge in [0.15, 0.2) is 0 Å². The molecule has 2 heterocycles. The summed E-state index contributed by atoms with van der Waals surface area (Å²) in [5.41, 5.74) is -0.495. The zero-order valence-electron chi connectivity index (χ0n) is 10.3. The molecule has 8 heteroatoms. The maximum absolute atomic E-state index is 11.2. The van der Waals surface area contributed by atoms with Crippen LogP contribution in [0.2, 0.25) is 0 Å². The zero-order valence-corrected chi connectivity index (χ0v) is 10.3. The second kappa shape index (κ2) is 5.19. The molecule has 0 bridgehead atoms. The Morgan fingerprint density at radius 3 is 3.00 bits per heavy atom. The monoisotopic (exact) mass is 267 g/mol. The molecule has 1 aromatic rings. The molecular formula is C11H13N3O5. The van der Waals surface area contributed by atoms with Crippen LogP contribution in [0.4, 0.5) is 11.5 Å². The number of rotatable bonds is 3. The third-order valence-corrected chi connectivity index (χ3v) is 2.93. The molecule has 0 saturated carbocycles. The molecule has 2 rings (SSSR count). The van der Waals surface area contributed by atoms with Gasteiger partial charge in [0.1, 0.15) is 17.6 Å². The van der Waals surface area contributed by atoms with E-state index in [1.165, 1.54) is 0 Å². The van der Waals surface area contributed by atoms with Crippen LogP contribution < -0.4 is 4.90 Å². The van der Waals surface area contributed by atoms with Crippen molar-refractivity contribution >= 4 is 17.5 Å². The first-order valence-corrected chi connectivity index (χ1v) is 5.73. The summed E-state index contributed by atoms with van der Waals surface area (Å²) in [5, 5.41) is 19.8. The van der Waals surface area contributed by atoms with Gasteiger partial charge < -0.3 is 14.7 Å². The van der Waals surface area contributed by atoms with Crippen molar-refractivity contribution in [3.05, 3.63) is 27.9 Å². The van der Waals surface area contributed by atoms with E-state index in [4.69, 9.17) is 9.84 Å². The summed E-state index contributed by atoms with van der Waals surface area (Å²) in [6.07, 6.45) is 1.07. The highest BCUT2D eigenvalue weighted by Gasteiger charge is 2.26. The molecule has 0 radical (unpaired) electrons. The van der Waals surface area contributed by atoms with Gasteiger partial charge in [-0.25, -0.2) is 9.78 Å². The first-order chi connectivity index (χ1) is 9.00. The SMILES string of the molecule is CC1COCCN1c1ncc([N+](=O)[O-])cc1C(=O)O. The minimum Gasteiger partial charge on any atom is -0.478 e. The molecule has 19 heavy (non-hydrogen) atoms. The van der Waals surface area contributed by atoms with Crippen molar-refractivity contribution in [1.29, 1.82) is 0 Å². The van der Waals surface area contributed by atoms with E-state index in [-0.39, 0.29) is 23.1 Å². The number of carboxylic acids is 1. The average Bonchev–Trinajstić information content (AvgIpc) is 2.38. The van der Waals surface area contributed by atoms with Crippen molar-refractivity contribution in [3.63, 3.8) is 0 Å². The minimum absolute atomic E-state index is 0.0270. The largest absolute Gasteiger partial charge is 0.478 e. The van der Waals surface area contributed by atoms with Gasteiger partial charge >= 0.3 is 5.97 Å². The van der Waals surface area contributed by atoms with Gasteiger partial charge in [-0.2, -0.15) is 0 Å². The topological polar surface area (TPSA) is 106 Å². The average molecular weight is 267 g/mol. The number of carboxylic acid groups (broad SMARTS) is 1. The molecule has 1 unspecified atom stereocenters. The van der Waals surface area contributed by atoms with Crippen molar-refractivity contribution in [2.24, 2.45) is 0 Å². The summed E-state index contributed by atoms with van der Waals surface area (Å²) < 4.78 is 5.27. The lowest BCUT2D eigenvalue weighted by Crippen LogP contribution is -2.44. The number of anilines is 1. The van der Waals surface area contributed by atoms with E-state index >= 15 is 0 Å². The number of aromatic carboxylic acids is 1. The molecule has 1 aliphatic rings. The molecule has 0 aliphatic carbocycles. The van der Waals surface area contributed by atoms with E-state index in [2.05, 4.69) is 4.98 Å². The maximum Gasteiger partial charge on any atom is 0.339 e. The second-order valence-corrected chi connectivity index (χ2v) is 4.24. The molecule has 0 aromatic carbocycles. The summed E-state index contributed by atoms with van der Waals surface area (Å²) >= 11 is 0. The number of carbonyl (C=O) groups is 1. The van der Waals surface area contributed by atoms with Crippen LogP contribution in [0.25, 0.3) is 0 Å². The molecule has 102 valence electrons. The molecular weight excluding hydrogens is 254 g/mol. The number of aromatic nitrogens is 1. The number of nitro groups is 1. The van der Waals surface area contributed by atoms with Crippen LogP contribution in [-0.2, 0) is 4.74 Å². The van der Waals surface area contributed by atoms with Crippen LogP contribution in [-0.4, -0.2) is 46.8 Å². The number of hydrogen-bond acceptors (Lipinski definition) is 6. The van der Waals surface area contributed by atoms with E-state index in [1.54, 1.807) is 4.90 Å². The van der Waals surface area contributed by atoms with Gasteiger partial charge in [-0.05, 0) is 6.92 Å². The fourth-order valence-corrected chi connectivity index (χ4v) is 1.97. The van der Waals surface area contributed by atoms with Gasteiger partial charge in [0.05, 0.1) is 24.2 Å². The van der Waals surface area contributed by atoms with E-state index in [0.29, 0.717) is 19.8 Å². The van der Waals surface area contributed by atoms with E-state index in [1.807, 2.05) is 6.92 Å². The molecule has 1 aliphatic heterocycles. The van der Waals surface area contributed by atoms with Crippen molar-refractivity contribution in [1.82, 2.24) is 4.98 Å². The van der Waals surface area contributed by atoms with Crippen LogP contribution in [0, 0.1) is 10.1 Å². The second-order valence-electron chi connectivity index (χ2n) is 4.24. The van der Waals surface area contributed by atoms with E-state index in [0.717, 1.165) is 12.3 Å². The Bertz CT molecular complexity index is 519. The van der Waals surface area contributed by atoms with Gasteiger partial charge in [0, 0.05) is 12.6 Å². The fourth-order valence-electron chi connectivity index (χ4n) is 1.97. The number of morpholine rings is 1. The maximum atomic E-state index is 11.2. The minimum atomic E-state index is -1.23. The van der Waals surface area contributed by atoms with Crippen LogP contribution in [0.1, 0.15) is 17.3 Å². The standard InChI is InChI=1S/C11H13N3O5/c1-7-6-19-3-2-13(7)10-9(11(15)16)4-8(5-12-10)14(17)18/h4-5,7H,2-3,6H2,1H3,(H,15,16). The lowest BCUT2D eigenvalue weighted by atomic mass is 10.2. The van der Waals surface area contributed by atoms with Crippen LogP contribution in [0.15, 0.2) is 12.3 Å². The van der Waals surface area contributed by atoms with Gasteiger partial charge in [-0.15, -0.1) is 0 Å². The number of hydrogen-bond donors (Lipinski definition) is 1. The fraction of sp³-hybridized carbons (Fsp3) is 0.455. The van der Waals surface area contributed by atoms with Crippen LogP contribution in [0.3, 0.4) is 0 Å². The molecule has 1 saturated heterocycles. The number of nitrogens with zero attached hydrogens (tertiary/aromatic N) is 3. The summed E-state index contributed by atoms with van der Waals surface area (Å²) in [7, 11) is 0. The Labute approximate surface area is 108 Å². The van der Waals surface area contributed by atoms with Crippen molar-refractivity contribution < 1.29 is 19.6 Å². The third kappa shape index (κ3) is 2.63. The first kappa shape index (κ1) is 13.2. The predicted octanol–water partition coefficient (Wildman–Crippen LogP) is 0.913. The van der Waals surface area contributed by atoms with Crippen molar-refractivity contribution in [2.75, 3.05) is 24.7 Å². The predicted molar refractivity (Wildman–Crippen MR) is 65.5 cm³/mol. The Hall–Kier alpha value is -2.22. The molecule has 0 spiro atoms. The first-order valence-electron chi connectivity index (χ1n) is 5.73. The smallest absolute Gasteiger partial charge is 0.339 e. The Balaban J connectivity index is 2.44. The lowest BCUT2D eigenvalue weighted by molar-refractivity contribution is -0.385. The summed E-state index contributed by atoms with van der Waals surface area (Å²) in [4.78, 5) is 27.0. The van der Waals surface area contributed by atoms with Gasteiger partial charge in [-0.1, -0.05) is 0 Å². The van der Waals surface area contributed by atoms with E-state index < -0.39 is 10.9 Å². The van der Waals surface area contributed by atoms with Crippen molar-refractivity contribution in [2.45, 2.75) is 13.0 Å². The summed E-state index contributed by atoms with van der Waals surface area (Å²) in [5.74, 6) is -0.987. The highest BCUT2D eigenvalue weighted by Crippen LogP contribution is 2.25. The van der Waals surface area contributed by atoms with Crippen molar-refractivity contribution in [3.8, 4) is 0 Å². The highest BCUT2D eigenvalue weighted by molar-refractivity contribution is 5.94. The van der Waals surface area contributed by atoms with Crippen LogP contribution in [0.5, 0.6) is 0 Å². The summed E-state index contributed by atoms with van der Waals surface area (Å²) in [6.45, 7) is 3.33. The van der Waals surface area contributed by atoms with Gasteiger partial charge in [-0.3, -0.25) is 10.1 Å². The highest BCUT2D eigenvalue weighted by atomic mass is 16.6. The molecule has 8 nitrogen and oxygen atoms in total.